The minimum Gasteiger partial charge on any atom is -0.480 e. The number of amides is 1. The molecule has 0 radical (unpaired) electrons. The number of carbonyl (C=O) groups excluding carboxylic acids is 1. The summed E-state index contributed by atoms with van der Waals surface area (Å²) in [6.45, 7) is 5.09. The third-order valence-corrected chi connectivity index (χ3v) is 1.61. The molecule has 2 N–H and O–H groups in total. The zero-order chi connectivity index (χ0) is 10.3. The highest BCUT2D eigenvalue weighted by molar-refractivity contribution is 5.72. The fourth-order valence-electron chi connectivity index (χ4n) is 0.930. The van der Waals surface area contributed by atoms with Gasteiger partial charge in [-0.2, -0.15) is 0 Å². The van der Waals surface area contributed by atoms with E-state index in [4.69, 9.17) is 5.11 Å². The van der Waals surface area contributed by atoms with E-state index in [9.17, 15) is 9.59 Å². The predicted octanol–water partition coefficient (Wildman–Crippen LogP) is -0.471. The smallest absolute Gasteiger partial charge is 0.317 e. The van der Waals surface area contributed by atoms with Gasteiger partial charge < -0.3 is 10.4 Å². The van der Waals surface area contributed by atoms with E-state index in [0.717, 1.165) is 0 Å². The molecular weight excluding hydrogens is 172 g/mol. The van der Waals surface area contributed by atoms with Gasteiger partial charge in [0.1, 0.15) is 0 Å². The van der Waals surface area contributed by atoms with Gasteiger partial charge in [0, 0.05) is 20.0 Å². The van der Waals surface area contributed by atoms with Crippen LogP contribution in [0.4, 0.5) is 0 Å². The number of hydrogen-bond donors (Lipinski definition) is 2. The van der Waals surface area contributed by atoms with Crippen LogP contribution in [-0.4, -0.2) is 48.1 Å². The summed E-state index contributed by atoms with van der Waals surface area (Å²) in [5.41, 5.74) is 0. The lowest BCUT2D eigenvalue weighted by Gasteiger charge is -2.17. The molecule has 0 atom stereocenters. The SMILES string of the molecule is CCN(CCNC(C)=O)CC(=O)O. The Kier molecular flexibility index (Phi) is 5.88. The second-order valence-electron chi connectivity index (χ2n) is 2.75. The van der Waals surface area contributed by atoms with Gasteiger partial charge in [-0.1, -0.05) is 6.92 Å². The van der Waals surface area contributed by atoms with E-state index in [1.807, 2.05) is 6.92 Å². The number of rotatable bonds is 6. The van der Waals surface area contributed by atoms with Crippen molar-refractivity contribution in [3.63, 3.8) is 0 Å². The molecule has 0 saturated heterocycles. The molecule has 0 rings (SSSR count). The molecule has 0 bridgehead atoms. The molecule has 0 saturated carbocycles. The minimum atomic E-state index is -0.843. The van der Waals surface area contributed by atoms with Gasteiger partial charge >= 0.3 is 5.97 Å². The van der Waals surface area contributed by atoms with Gasteiger partial charge in [-0.15, -0.1) is 0 Å². The molecule has 5 nitrogen and oxygen atoms in total. The van der Waals surface area contributed by atoms with E-state index in [1.54, 1.807) is 4.90 Å². The van der Waals surface area contributed by atoms with Crippen molar-refractivity contribution < 1.29 is 14.7 Å². The first-order chi connectivity index (χ1) is 6.06. The summed E-state index contributed by atoms with van der Waals surface area (Å²) < 4.78 is 0. The van der Waals surface area contributed by atoms with Crippen LogP contribution in [0.25, 0.3) is 0 Å². The molecular formula is C8H16N2O3. The Balaban J connectivity index is 3.59. The Morgan fingerprint density at radius 1 is 1.46 bits per heavy atom. The maximum Gasteiger partial charge on any atom is 0.317 e. The molecule has 0 aliphatic carbocycles. The molecule has 0 fully saturated rings. The van der Waals surface area contributed by atoms with Crippen molar-refractivity contribution in [1.29, 1.82) is 0 Å². The van der Waals surface area contributed by atoms with Crippen LogP contribution >= 0.6 is 0 Å². The zero-order valence-electron chi connectivity index (χ0n) is 8.04. The predicted molar refractivity (Wildman–Crippen MR) is 48.4 cm³/mol. The van der Waals surface area contributed by atoms with E-state index in [-0.39, 0.29) is 12.5 Å². The van der Waals surface area contributed by atoms with Crippen LogP contribution in [0.2, 0.25) is 0 Å². The van der Waals surface area contributed by atoms with Crippen molar-refractivity contribution >= 4 is 11.9 Å². The Morgan fingerprint density at radius 3 is 2.46 bits per heavy atom. The molecule has 76 valence electrons. The zero-order valence-corrected chi connectivity index (χ0v) is 8.04. The van der Waals surface area contributed by atoms with Gasteiger partial charge in [-0.05, 0) is 6.54 Å². The number of carboxylic acids is 1. The molecule has 0 aromatic carbocycles. The van der Waals surface area contributed by atoms with Crippen LogP contribution in [0.3, 0.4) is 0 Å². The molecule has 0 aromatic rings. The van der Waals surface area contributed by atoms with Crippen molar-refractivity contribution in [2.24, 2.45) is 0 Å². The van der Waals surface area contributed by atoms with Crippen LogP contribution in [0, 0.1) is 0 Å². The van der Waals surface area contributed by atoms with Crippen LogP contribution in [0.5, 0.6) is 0 Å². The first-order valence-electron chi connectivity index (χ1n) is 4.24. The normalized spacial score (nSPS) is 10.1. The maximum atomic E-state index is 10.5. The number of likely N-dealkylation sites (N-methyl/N-ethyl adjacent to an activating group) is 1. The highest BCUT2D eigenvalue weighted by atomic mass is 16.4. The van der Waals surface area contributed by atoms with E-state index >= 15 is 0 Å². The standard InChI is InChI=1S/C8H16N2O3/c1-3-10(6-8(12)13)5-4-9-7(2)11/h3-6H2,1-2H3,(H,9,11)(H,12,13). The van der Waals surface area contributed by atoms with Crippen molar-refractivity contribution in [3.05, 3.63) is 0 Å². The maximum absolute atomic E-state index is 10.5. The lowest BCUT2D eigenvalue weighted by molar-refractivity contribution is -0.138. The quantitative estimate of drug-likeness (QED) is 0.591. The van der Waals surface area contributed by atoms with E-state index in [2.05, 4.69) is 5.32 Å². The van der Waals surface area contributed by atoms with Crippen LogP contribution in [-0.2, 0) is 9.59 Å². The highest BCUT2D eigenvalue weighted by Crippen LogP contribution is 1.85. The summed E-state index contributed by atoms with van der Waals surface area (Å²) in [5.74, 6) is -0.934. The molecule has 5 heteroatoms. The monoisotopic (exact) mass is 188 g/mol. The van der Waals surface area contributed by atoms with Gasteiger partial charge in [0.2, 0.25) is 5.91 Å². The van der Waals surface area contributed by atoms with Crippen molar-refractivity contribution in [2.75, 3.05) is 26.2 Å². The van der Waals surface area contributed by atoms with Gasteiger partial charge in [0.15, 0.2) is 0 Å². The summed E-state index contributed by atoms with van der Waals surface area (Å²) in [6.07, 6.45) is 0. The average Bonchev–Trinajstić information content (AvgIpc) is 2.01. The lowest BCUT2D eigenvalue weighted by atomic mass is 10.4. The molecule has 0 aliphatic rings. The minimum absolute atomic E-state index is 0.0239. The second-order valence-corrected chi connectivity index (χ2v) is 2.75. The van der Waals surface area contributed by atoms with Crippen molar-refractivity contribution in [1.82, 2.24) is 10.2 Å². The topological polar surface area (TPSA) is 69.6 Å². The molecule has 0 aliphatic heterocycles. The summed E-state index contributed by atoms with van der Waals surface area (Å²) in [7, 11) is 0. The summed E-state index contributed by atoms with van der Waals surface area (Å²) in [6, 6.07) is 0. The fourth-order valence-corrected chi connectivity index (χ4v) is 0.930. The van der Waals surface area contributed by atoms with E-state index in [0.29, 0.717) is 19.6 Å². The number of nitrogens with one attached hydrogen (secondary N) is 1. The third-order valence-electron chi connectivity index (χ3n) is 1.61. The Labute approximate surface area is 77.7 Å². The van der Waals surface area contributed by atoms with Crippen LogP contribution < -0.4 is 5.32 Å². The van der Waals surface area contributed by atoms with Crippen molar-refractivity contribution in [2.45, 2.75) is 13.8 Å². The average molecular weight is 188 g/mol. The Bertz CT molecular complexity index is 182. The van der Waals surface area contributed by atoms with Gasteiger partial charge in [-0.3, -0.25) is 14.5 Å². The lowest BCUT2D eigenvalue weighted by Crippen LogP contribution is -2.36. The third kappa shape index (κ3) is 7.27. The Hall–Kier alpha value is -1.10. The van der Waals surface area contributed by atoms with Crippen molar-refractivity contribution in [3.8, 4) is 0 Å². The molecule has 13 heavy (non-hydrogen) atoms. The Morgan fingerprint density at radius 2 is 2.08 bits per heavy atom. The summed E-state index contributed by atoms with van der Waals surface area (Å²) in [4.78, 5) is 22.6. The highest BCUT2D eigenvalue weighted by Gasteiger charge is 2.06. The first kappa shape index (κ1) is 11.9. The number of hydrogen-bond acceptors (Lipinski definition) is 3. The second kappa shape index (κ2) is 6.42. The molecule has 0 spiro atoms. The number of nitrogens with zero attached hydrogens (tertiary/aromatic N) is 1. The largest absolute Gasteiger partial charge is 0.480 e. The van der Waals surface area contributed by atoms with Crippen LogP contribution in [0.1, 0.15) is 13.8 Å². The van der Waals surface area contributed by atoms with Gasteiger partial charge in [0.25, 0.3) is 0 Å². The van der Waals surface area contributed by atoms with Gasteiger partial charge in [0.05, 0.1) is 6.54 Å². The summed E-state index contributed by atoms with van der Waals surface area (Å²) >= 11 is 0. The number of aliphatic carboxylic acids is 1. The number of carbonyl (C=O) groups is 2. The number of carboxylic acid groups (broad SMARTS) is 1. The molecule has 1 amide bonds. The fraction of sp³-hybridized carbons (Fsp3) is 0.750. The molecule has 0 unspecified atom stereocenters. The molecule has 0 aromatic heterocycles. The molecule has 0 heterocycles. The summed E-state index contributed by atoms with van der Waals surface area (Å²) in [5, 5.41) is 11.1. The van der Waals surface area contributed by atoms with Crippen LogP contribution in [0.15, 0.2) is 0 Å². The van der Waals surface area contributed by atoms with E-state index in [1.165, 1.54) is 6.92 Å². The first-order valence-corrected chi connectivity index (χ1v) is 4.24. The van der Waals surface area contributed by atoms with Gasteiger partial charge in [-0.25, -0.2) is 0 Å². The van der Waals surface area contributed by atoms with E-state index < -0.39 is 5.97 Å².